The van der Waals surface area contributed by atoms with Gasteiger partial charge in [0, 0.05) is 22.5 Å². The first-order chi connectivity index (χ1) is 13.1. The predicted octanol–water partition coefficient (Wildman–Crippen LogP) is 3.38. The van der Waals surface area contributed by atoms with E-state index >= 15 is 0 Å². The zero-order chi connectivity index (χ0) is 18.8. The number of para-hydroxylation sites is 1. The van der Waals surface area contributed by atoms with Crippen LogP contribution in [0.3, 0.4) is 0 Å². The molecule has 0 unspecified atom stereocenters. The van der Waals surface area contributed by atoms with Gasteiger partial charge in [-0.15, -0.1) is 0 Å². The van der Waals surface area contributed by atoms with Crippen LogP contribution in [0.2, 0.25) is 0 Å². The van der Waals surface area contributed by atoms with Crippen molar-refractivity contribution in [3.8, 4) is 5.69 Å². The lowest BCUT2D eigenvalue weighted by Gasteiger charge is -2.07. The smallest absolute Gasteiger partial charge is 0.255 e. The standard InChI is InChI=1S/C21H16N4O2/c22-20(26)14-6-9-16(10-7-14)24-21(27)15-8-11-19-18(12-15)23-13-25(19)17-4-2-1-3-5-17/h1-13H,(H2,22,26)(H,24,27). The number of benzene rings is 3. The van der Waals surface area contributed by atoms with E-state index in [0.29, 0.717) is 16.8 Å². The Kier molecular flexibility index (Phi) is 4.14. The summed E-state index contributed by atoms with van der Waals surface area (Å²) in [6.45, 7) is 0. The quantitative estimate of drug-likeness (QED) is 0.587. The molecule has 6 nitrogen and oxygen atoms in total. The van der Waals surface area contributed by atoms with Crippen molar-refractivity contribution in [1.82, 2.24) is 9.55 Å². The maximum Gasteiger partial charge on any atom is 0.255 e. The van der Waals surface area contributed by atoms with Crippen LogP contribution in [0, 0.1) is 0 Å². The fourth-order valence-electron chi connectivity index (χ4n) is 2.87. The third kappa shape index (κ3) is 3.28. The number of hydrogen-bond acceptors (Lipinski definition) is 3. The van der Waals surface area contributed by atoms with Crippen LogP contribution in [-0.2, 0) is 0 Å². The number of hydrogen-bond donors (Lipinski definition) is 2. The van der Waals surface area contributed by atoms with Gasteiger partial charge in [0.25, 0.3) is 5.91 Å². The number of amides is 2. The van der Waals surface area contributed by atoms with Crippen molar-refractivity contribution in [2.24, 2.45) is 5.73 Å². The molecule has 0 saturated carbocycles. The molecular weight excluding hydrogens is 340 g/mol. The maximum atomic E-state index is 12.5. The molecule has 0 aliphatic heterocycles. The number of anilines is 1. The van der Waals surface area contributed by atoms with E-state index in [9.17, 15) is 9.59 Å². The van der Waals surface area contributed by atoms with Gasteiger partial charge in [0.1, 0.15) is 6.33 Å². The first-order valence-electron chi connectivity index (χ1n) is 8.35. The van der Waals surface area contributed by atoms with Gasteiger partial charge in [0.05, 0.1) is 11.0 Å². The summed E-state index contributed by atoms with van der Waals surface area (Å²) in [5, 5.41) is 2.80. The van der Waals surface area contributed by atoms with Gasteiger partial charge in [0.2, 0.25) is 5.91 Å². The number of nitrogens with zero attached hydrogens (tertiary/aromatic N) is 2. The van der Waals surface area contributed by atoms with Crippen molar-refractivity contribution in [2.75, 3.05) is 5.32 Å². The van der Waals surface area contributed by atoms with Crippen LogP contribution in [0.15, 0.2) is 79.1 Å². The highest BCUT2D eigenvalue weighted by molar-refractivity contribution is 6.06. The number of nitrogens with one attached hydrogen (secondary N) is 1. The third-order valence-corrected chi connectivity index (χ3v) is 4.27. The Morgan fingerprint density at radius 2 is 1.59 bits per heavy atom. The number of fused-ring (bicyclic) bond motifs is 1. The summed E-state index contributed by atoms with van der Waals surface area (Å²) in [6.07, 6.45) is 1.74. The Bertz CT molecular complexity index is 1130. The molecule has 0 aliphatic rings. The first kappa shape index (κ1) is 16.5. The normalized spacial score (nSPS) is 10.7. The van der Waals surface area contributed by atoms with E-state index in [1.807, 2.05) is 41.0 Å². The molecule has 0 saturated heterocycles. The zero-order valence-corrected chi connectivity index (χ0v) is 14.3. The van der Waals surface area contributed by atoms with Crippen molar-refractivity contribution in [3.05, 3.63) is 90.3 Å². The molecule has 1 heterocycles. The average Bonchev–Trinajstić information content (AvgIpc) is 3.12. The first-order valence-corrected chi connectivity index (χ1v) is 8.35. The number of carbonyl (C=O) groups is 2. The highest BCUT2D eigenvalue weighted by Gasteiger charge is 2.11. The molecule has 0 radical (unpaired) electrons. The Morgan fingerprint density at radius 1 is 0.889 bits per heavy atom. The molecule has 0 fully saturated rings. The summed E-state index contributed by atoms with van der Waals surface area (Å²) in [7, 11) is 0. The summed E-state index contributed by atoms with van der Waals surface area (Å²) in [4.78, 5) is 28.0. The summed E-state index contributed by atoms with van der Waals surface area (Å²) in [6, 6.07) is 21.7. The molecule has 1 aromatic heterocycles. The van der Waals surface area contributed by atoms with Crippen LogP contribution in [0.1, 0.15) is 20.7 Å². The van der Waals surface area contributed by atoms with Crippen LogP contribution < -0.4 is 11.1 Å². The van der Waals surface area contributed by atoms with Gasteiger partial charge in [-0.3, -0.25) is 14.2 Å². The van der Waals surface area contributed by atoms with Gasteiger partial charge in [-0.2, -0.15) is 0 Å². The van der Waals surface area contributed by atoms with Gasteiger partial charge in [-0.25, -0.2) is 4.98 Å². The van der Waals surface area contributed by atoms with Gasteiger partial charge in [0.15, 0.2) is 0 Å². The Labute approximate surface area is 155 Å². The Hall–Kier alpha value is -3.93. The molecule has 2 amide bonds. The summed E-state index contributed by atoms with van der Waals surface area (Å²) < 4.78 is 1.97. The molecule has 27 heavy (non-hydrogen) atoms. The number of imidazole rings is 1. The monoisotopic (exact) mass is 356 g/mol. The number of aromatic nitrogens is 2. The van der Waals surface area contributed by atoms with E-state index in [-0.39, 0.29) is 5.91 Å². The lowest BCUT2D eigenvalue weighted by atomic mass is 10.1. The number of rotatable bonds is 4. The Morgan fingerprint density at radius 3 is 2.30 bits per heavy atom. The number of carbonyl (C=O) groups excluding carboxylic acids is 2. The van der Waals surface area contributed by atoms with E-state index in [1.165, 1.54) is 0 Å². The summed E-state index contributed by atoms with van der Waals surface area (Å²) in [5.41, 5.74) is 9.35. The molecule has 4 rings (SSSR count). The lowest BCUT2D eigenvalue weighted by Crippen LogP contribution is -2.13. The van der Waals surface area contributed by atoms with E-state index < -0.39 is 5.91 Å². The molecule has 4 aromatic rings. The molecular formula is C21H16N4O2. The van der Waals surface area contributed by atoms with Crippen LogP contribution in [-0.4, -0.2) is 21.4 Å². The number of nitrogens with two attached hydrogens (primary N) is 1. The topological polar surface area (TPSA) is 90.0 Å². The highest BCUT2D eigenvalue weighted by Crippen LogP contribution is 2.20. The van der Waals surface area contributed by atoms with Gasteiger partial charge >= 0.3 is 0 Å². The van der Waals surface area contributed by atoms with E-state index in [0.717, 1.165) is 16.7 Å². The molecule has 0 spiro atoms. The highest BCUT2D eigenvalue weighted by atomic mass is 16.2. The molecule has 0 aliphatic carbocycles. The minimum Gasteiger partial charge on any atom is -0.366 e. The molecule has 6 heteroatoms. The molecule has 0 bridgehead atoms. The second-order valence-corrected chi connectivity index (χ2v) is 6.05. The largest absolute Gasteiger partial charge is 0.366 e. The second-order valence-electron chi connectivity index (χ2n) is 6.05. The predicted molar refractivity (Wildman–Crippen MR) is 104 cm³/mol. The van der Waals surface area contributed by atoms with Crippen LogP contribution in [0.5, 0.6) is 0 Å². The summed E-state index contributed by atoms with van der Waals surface area (Å²) >= 11 is 0. The van der Waals surface area contributed by atoms with Gasteiger partial charge < -0.3 is 11.1 Å². The van der Waals surface area contributed by atoms with Gasteiger partial charge in [-0.1, -0.05) is 18.2 Å². The SMILES string of the molecule is NC(=O)c1ccc(NC(=O)c2ccc3c(c2)ncn3-c2ccccc2)cc1. The minimum absolute atomic E-state index is 0.252. The fraction of sp³-hybridized carbons (Fsp3) is 0. The van der Waals surface area contributed by atoms with Crippen molar-refractivity contribution in [3.63, 3.8) is 0 Å². The van der Waals surface area contributed by atoms with Crippen molar-refractivity contribution in [2.45, 2.75) is 0 Å². The van der Waals surface area contributed by atoms with Crippen molar-refractivity contribution >= 4 is 28.5 Å². The molecule has 132 valence electrons. The second kappa shape index (κ2) is 6.76. The van der Waals surface area contributed by atoms with E-state index in [1.54, 1.807) is 42.7 Å². The van der Waals surface area contributed by atoms with E-state index in [4.69, 9.17) is 5.73 Å². The van der Waals surface area contributed by atoms with Crippen molar-refractivity contribution < 1.29 is 9.59 Å². The molecule has 0 atom stereocenters. The van der Waals surface area contributed by atoms with E-state index in [2.05, 4.69) is 10.3 Å². The van der Waals surface area contributed by atoms with Gasteiger partial charge in [-0.05, 0) is 54.6 Å². The summed E-state index contributed by atoms with van der Waals surface area (Å²) in [5.74, 6) is -0.759. The van der Waals surface area contributed by atoms with Crippen LogP contribution in [0.25, 0.3) is 16.7 Å². The number of primary amides is 1. The van der Waals surface area contributed by atoms with Crippen molar-refractivity contribution in [1.29, 1.82) is 0 Å². The van der Waals surface area contributed by atoms with Crippen LogP contribution in [0.4, 0.5) is 5.69 Å². The molecule has 3 N–H and O–H groups in total. The average molecular weight is 356 g/mol. The maximum absolute atomic E-state index is 12.5. The lowest BCUT2D eigenvalue weighted by molar-refractivity contribution is 0.0998. The zero-order valence-electron chi connectivity index (χ0n) is 14.3. The molecule has 3 aromatic carbocycles. The Balaban J connectivity index is 1.58. The third-order valence-electron chi connectivity index (χ3n) is 4.27. The van der Waals surface area contributed by atoms with Crippen LogP contribution >= 0.6 is 0 Å². The fourth-order valence-corrected chi connectivity index (χ4v) is 2.87. The minimum atomic E-state index is -0.507.